The third-order valence-electron chi connectivity index (χ3n) is 4.85. The second-order valence-corrected chi connectivity index (χ2v) is 7.58. The van der Waals surface area contributed by atoms with Crippen molar-refractivity contribution in [1.29, 1.82) is 5.26 Å². The molecule has 166 valence electrons. The number of likely N-dealkylation sites (N-methyl/N-ethyl adjacent to an activating group) is 1. The summed E-state index contributed by atoms with van der Waals surface area (Å²) < 4.78 is 0. The summed E-state index contributed by atoms with van der Waals surface area (Å²) in [4.78, 5) is 28.6. The molecule has 2 rings (SSSR count). The van der Waals surface area contributed by atoms with E-state index in [1.807, 2.05) is 6.07 Å². The number of nitriles is 1. The highest BCUT2D eigenvalue weighted by molar-refractivity contribution is 6.39. The molecule has 0 unspecified atom stereocenters. The Morgan fingerprint density at radius 1 is 1.06 bits per heavy atom. The Morgan fingerprint density at radius 2 is 1.65 bits per heavy atom. The van der Waals surface area contributed by atoms with Crippen molar-refractivity contribution in [2.75, 3.05) is 38.0 Å². The van der Waals surface area contributed by atoms with Gasteiger partial charge in [-0.15, -0.1) is 0 Å². The van der Waals surface area contributed by atoms with Crippen LogP contribution in [0.15, 0.2) is 42.5 Å². The lowest BCUT2D eigenvalue weighted by Gasteiger charge is -2.25. The van der Waals surface area contributed by atoms with Crippen molar-refractivity contribution >= 4 is 40.7 Å². The van der Waals surface area contributed by atoms with Crippen molar-refractivity contribution in [3.05, 3.63) is 63.6 Å². The molecule has 2 amide bonds. The average Bonchev–Trinajstić information content (AvgIpc) is 2.75. The van der Waals surface area contributed by atoms with Gasteiger partial charge in [0.2, 0.25) is 5.91 Å². The second-order valence-electron chi connectivity index (χ2n) is 6.77. The first-order valence-electron chi connectivity index (χ1n) is 9.76. The molecule has 0 aromatic heterocycles. The second kappa shape index (κ2) is 13.2. The lowest BCUT2D eigenvalue weighted by molar-refractivity contribution is -0.895. The van der Waals surface area contributed by atoms with Gasteiger partial charge < -0.3 is 27.5 Å². The summed E-state index contributed by atoms with van der Waals surface area (Å²) in [6.07, 6.45) is 0. The molecule has 2 N–H and O–H groups in total. The monoisotopic (exact) mass is 482 g/mol. The molecule has 0 aliphatic rings. The van der Waals surface area contributed by atoms with Gasteiger partial charge in [0.15, 0.2) is 0 Å². The van der Waals surface area contributed by atoms with Crippen LogP contribution >= 0.6 is 23.2 Å². The SMILES string of the molecule is CC[NH+](CC)CCN(CC(=O)Nc1c(Cl)cccc1Cl)C(=O)c1ccc(C#N)cc1.[Cl-]. The Balaban J connectivity index is 0.00000480. The number of benzene rings is 2. The van der Waals surface area contributed by atoms with Crippen LogP contribution in [0.3, 0.4) is 0 Å². The summed E-state index contributed by atoms with van der Waals surface area (Å²) in [6.45, 7) is 7.01. The van der Waals surface area contributed by atoms with E-state index in [-0.39, 0.29) is 30.8 Å². The Labute approximate surface area is 199 Å². The van der Waals surface area contributed by atoms with Gasteiger partial charge in [-0.25, -0.2) is 0 Å². The molecule has 0 heterocycles. The van der Waals surface area contributed by atoms with E-state index in [0.717, 1.165) is 19.6 Å². The first-order valence-corrected chi connectivity index (χ1v) is 10.5. The number of hydrogen-bond acceptors (Lipinski definition) is 3. The van der Waals surface area contributed by atoms with Crippen LogP contribution in [-0.2, 0) is 4.79 Å². The molecule has 0 saturated carbocycles. The number of hydrogen-bond donors (Lipinski definition) is 2. The molecule has 9 heteroatoms. The normalized spacial score (nSPS) is 10.2. The molecular formula is C22H25Cl3N4O2. The summed E-state index contributed by atoms with van der Waals surface area (Å²) in [6, 6.07) is 13.4. The molecule has 2 aromatic carbocycles. The van der Waals surface area contributed by atoms with Crippen LogP contribution in [0.4, 0.5) is 5.69 Å². The van der Waals surface area contributed by atoms with Crippen molar-refractivity contribution in [1.82, 2.24) is 4.90 Å². The summed E-state index contributed by atoms with van der Waals surface area (Å²) in [5.74, 6) is -0.659. The van der Waals surface area contributed by atoms with E-state index < -0.39 is 0 Å². The zero-order valence-corrected chi connectivity index (χ0v) is 19.7. The summed E-state index contributed by atoms with van der Waals surface area (Å²) in [5, 5.41) is 12.3. The maximum absolute atomic E-state index is 13.1. The number of nitrogens with one attached hydrogen (secondary N) is 2. The summed E-state index contributed by atoms with van der Waals surface area (Å²) >= 11 is 12.3. The van der Waals surface area contributed by atoms with E-state index in [2.05, 4.69) is 19.2 Å². The lowest BCUT2D eigenvalue weighted by atomic mass is 10.1. The highest BCUT2D eigenvalue weighted by Gasteiger charge is 2.21. The number of amides is 2. The van der Waals surface area contributed by atoms with Crippen LogP contribution in [0, 0.1) is 11.3 Å². The fraction of sp³-hybridized carbons (Fsp3) is 0.318. The fourth-order valence-corrected chi connectivity index (χ4v) is 3.48. The molecular weight excluding hydrogens is 459 g/mol. The van der Waals surface area contributed by atoms with Crippen molar-refractivity contribution in [2.45, 2.75) is 13.8 Å². The number of carbonyl (C=O) groups excluding carboxylic acids is 2. The van der Waals surface area contributed by atoms with Gasteiger partial charge in [0.25, 0.3) is 5.91 Å². The van der Waals surface area contributed by atoms with E-state index >= 15 is 0 Å². The maximum Gasteiger partial charge on any atom is 0.254 e. The van der Waals surface area contributed by atoms with Gasteiger partial charge in [0.1, 0.15) is 6.54 Å². The predicted octanol–water partition coefficient (Wildman–Crippen LogP) is -0.125. The Hall–Kier alpha value is -2.30. The maximum atomic E-state index is 13.1. The van der Waals surface area contributed by atoms with E-state index in [1.54, 1.807) is 42.5 Å². The van der Waals surface area contributed by atoms with Crippen LogP contribution in [0.2, 0.25) is 10.0 Å². The van der Waals surface area contributed by atoms with E-state index in [4.69, 9.17) is 28.5 Å². The highest BCUT2D eigenvalue weighted by atomic mass is 35.5. The van der Waals surface area contributed by atoms with Crippen LogP contribution < -0.4 is 22.6 Å². The van der Waals surface area contributed by atoms with E-state index in [1.165, 1.54) is 9.80 Å². The van der Waals surface area contributed by atoms with Crippen LogP contribution in [-0.4, -0.2) is 49.4 Å². The van der Waals surface area contributed by atoms with E-state index in [0.29, 0.717) is 33.4 Å². The first kappa shape index (κ1) is 26.7. The smallest absolute Gasteiger partial charge is 0.254 e. The van der Waals surface area contributed by atoms with Crippen molar-refractivity contribution in [2.24, 2.45) is 0 Å². The first-order chi connectivity index (χ1) is 14.4. The van der Waals surface area contributed by atoms with Gasteiger partial charge in [0, 0.05) is 5.56 Å². The number of quaternary nitrogens is 1. The molecule has 0 radical (unpaired) electrons. The quantitative estimate of drug-likeness (QED) is 0.522. The number of anilines is 1. The van der Waals surface area contributed by atoms with Crippen LogP contribution in [0.5, 0.6) is 0 Å². The third kappa shape index (κ3) is 7.71. The van der Waals surface area contributed by atoms with Gasteiger partial charge in [-0.1, -0.05) is 29.3 Å². The average molecular weight is 484 g/mol. The van der Waals surface area contributed by atoms with Crippen molar-refractivity contribution in [3.63, 3.8) is 0 Å². The molecule has 0 saturated heterocycles. The van der Waals surface area contributed by atoms with E-state index in [9.17, 15) is 9.59 Å². The molecule has 0 fully saturated rings. The number of para-hydroxylation sites is 1. The largest absolute Gasteiger partial charge is 1.00 e. The third-order valence-corrected chi connectivity index (χ3v) is 5.48. The molecule has 0 aliphatic carbocycles. The van der Waals surface area contributed by atoms with Crippen molar-refractivity contribution in [3.8, 4) is 6.07 Å². The molecule has 31 heavy (non-hydrogen) atoms. The van der Waals surface area contributed by atoms with Gasteiger partial charge in [-0.05, 0) is 50.2 Å². The zero-order valence-electron chi connectivity index (χ0n) is 17.4. The number of rotatable bonds is 9. The zero-order chi connectivity index (χ0) is 22.1. The van der Waals surface area contributed by atoms with Gasteiger partial charge >= 0.3 is 0 Å². The number of nitrogens with zero attached hydrogens (tertiary/aromatic N) is 2. The minimum absolute atomic E-state index is 0. The minimum atomic E-state index is -0.387. The molecule has 0 bridgehead atoms. The topological polar surface area (TPSA) is 77.6 Å². The fourth-order valence-electron chi connectivity index (χ4n) is 2.99. The standard InChI is InChI=1S/C22H24Cl2N4O2.ClH/c1-3-27(4-2)12-13-28(22(30)17-10-8-16(14-25)9-11-17)15-20(29)26-21-18(23)6-5-7-19(21)24;/h5-11H,3-4,12-13,15H2,1-2H3,(H,26,29);1H. The Bertz CT molecular complexity index is 905. The molecule has 2 aromatic rings. The molecule has 0 aliphatic heterocycles. The number of halogens is 3. The summed E-state index contributed by atoms with van der Waals surface area (Å²) in [5.41, 5.74) is 1.22. The predicted molar refractivity (Wildman–Crippen MR) is 119 cm³/mol. The minimum Gasteiger partial charge on any atom is -1.00 e. The van der Waals surface area contributed by atoms with Gasteiger partial charge in [0.05, 0.1) is 53.5 Å². The molecule has 6 nitrogen and oxygen atoms in total. The van der Waals surface area contributed by atoms with Crippen LogP contribution in [0.25, 0.3) is 0 Å². The summed E-state index contributed by atoms with van der Waals surface area (Å²) in [7, 11) is 0. The Morgan fingerprint density at radius 3 is 2.16 bits per heavy atom. The molecule has 0 spiro atoms. The van der Waals surface area contributed by atoms with Crippen molar-refractivity contribution < 1.29 is 26.9 Å². The highest BCUT2D eigenvalue weighted by Crippen LogP contribution is 2.29. The Kier molecular flexibility index (Phi) is 11.4. The van der Waals surface area contributed by atoms with Gasteiger partial charge in [-0.3, -0.25) is 9.59 Å². The molecule has 0 atom stereocenters. The van der Waals surface area contributed by atoms with Gasteiger partial charge in [-0.2, -0.15) is 5.26 Å². The number of carbonyl (C=O) groups is 2. The lowest BCUT2D eigenvalue weighted by Crippen LogP contribution is -3.12. The van der Waals surface area contributed by atoms with Crippen LogP contribution in [0.1, 0.15) is 29.8 Å².